The van der Waals surface area contributed by atoms with Gasteiger partial charge in [-0.15, -0.1) is 0 Å². The van der Waals surface area contributed by atoms with Crippen molar-refractivity contribution in [2.75, 3.05) is 0 Å². The van der Waals surface area contributed by atoms with Gasteiger partial charge >= 0.3 is 12.0 Å². The molecule has 5 nitrogen and oxygen atoms in total. The highest BCUT2D eigenvalue weighted by atomic mass is 16.4. The van der Waals surface area contributed by atoms with E-state index in [-0.39, 0.29) is 23.1 Å². The van der Waals surface area contributed by atoms with Crippen LogP contribution < -0.4 is 5.32 Å². The SMILES string of the molecule is CC(NC(=O)N1Cc2ccc(C(=O)O)cc2C1)C(C)(C)C. The second-order valence-corrected chi connectivity index (χ2v) is 6.68. The van der Waals surface area contributed by atoms with E-state index in [0.29, 0.717) is 13.1 Å². The van der Waals surface area contributed by atoms with Gasteiger partial charge in [0.25, 0.3) is 0 Å². The van der Waals surface area contributed by atoms with Gasteiger partial charge in [-0.05, 0) is 35.6 Å². The summed E-state index contributed by atoms with van der Waals surface area (Å²) in [6, 6.07) is 4.98. The molecular formula is C16H22N2O3. The minimum Gasteiger partial charge on any atom is -0.478 e. The Bertz CT molecular complexity index is 575. The molecule has 5 heteroatoms. The smallest absolute Gasteiger partial charge is 0.335 e. The zero-order chi connectivity index (χ0) is 15.8. The van der Waals surface area contributed by atoms with Crippen LogP contribution >= 0.6 is 0 Å². The number of rotatable bonds is 2. The van der Waals surface area contributed by atoms with E-state index in [4.69, 9.17) is 5.11 Å². The molecule has 2 rings (SSSR count). The van der Waals surface area contributed by atoms with Gasteiger partial charge in [0.2, 0.25) is 0 Å². The summed E-state index contributed by atoms with van der Waals surface area (Å²) < 4.78 is 0. The first kappa shape index (κ1) is 15.4. The van der Waals surface area contributed by atoms with Gasteiger partial charge in [-0.25, -0.2) is 9.59 Å². The van der Waals surface area contributed by atoms with Crippen LogP contribution in [0.3, 0.4) is 0 Å². The maximum Gasteiger partial charge on any atom is 0.335 e. The third kappa shape index (κ3) is 3.35. The number of benzene rings is 1. The molecule has 1 aliphatic heterocycles. The number of hydrogen-bond donors (Lipinski definition) is 2. The van der Waals surface area contributed by atoms with Gasteiger partial charge in [0.15, 0.2) is 0 Å². The van der Waals surface area contributed by atoms with Gasteiger partial charge in [-0.3, -0.25) is 0 Å². The third-order valence-corrected chi connectivity index (χ3v) is 4.10. The molecule has 2 N–H and O–H groups in total. The lowest BCUT2D eigenvalue weighted by molar-refractivity contribution is 0.0696. The largest absolute Gasteiger partial charge is 0.478 e. The van der Waals surface area contributed by atoms with Crippen molar-refractivity contribution in [2.45, 2.75) is 46.8 Å². The number of hydrogen-bond acceptors (Lipinski definition) is 2. The van der Waals surface area contributed by atoms with E-state index < -0.39 is 5.97 Å². The maximum absolute atomic E-state index is 12.3. The summed E-state index contributed by atoms with van der Waals surface area (Å²) in [7, 11) is 0. The Balaban J connectivity index is 2.06. The maximum atomic E-state index is 12.3. The molecule has 0 bridgehead atoms. The molecule has 1 atom stereocenters. The van der Waals surface area contributed by atoms with Crippen molar-refractivity contribution in [1.29, 1.82) is 0 Å². The predicted molar refractivity (Wildman–Crippen MR) is 80.1 cm³/mol. The first-order chi connectivity index (χ1) is 9.68. The highest BCUT2D eigenvalue weighted by Crippen LogP contribution is 2.25. The molecule has 0 fully saturated rings. The van der Waals surface area contributed by atoms with Crippen LogP contribution in [-0.4, -0.2) is 28.0 Å². The molecule has 1 aromatic rings. The van der Waals surface area contributed by atoms with Crippen molar-refractivity contribution >= 4 is 12.0 Å². The lowest BCUT2D eigenvalue weighted by atomic mass is 9.88. The van der Waals surface area contributed by atoms with Crippen LogP contribution in [0.2, 0.25) is 0 Å². The molecule has 1 aromatic carbocycles. The molecule has 1 unspecified atom stereocenters. The van der Waals surface area contributed by atoms with Gasteiger partial charge in [-0.2, -0.15) is 0 Å². The zero-order valence-electron chi connectivity index (χ0n) is 12.9. The van der Waals surface area contributed by atoms with Crippen molar-refractivity contribution < 1.29 is 14.7 Å². The van der Waals surface area contributed by atoms with Gasteiger partial charge < -0.3 is 15.3 Å². The summed E-state index contributed by atoms with van der Waals surface area (Å²) in [4.78, 5) is 25.0. The number of nitrogens with one attached hydrogen (secondary N) is 1. The number of nitrogens with zero attached hydrogens (tertiary/aromatic N) is 1. The fraction of sp³-hybridized carbons (Fsp3) is 0.500. The fourth-order valence-corrected chi connectivity index (χ4v) is 2.16. The second-order valence-electron chi connectivity index (χ2n) is 6.68. The number of urea groups is 1. The Hall–Kier alpha value is -2.04. The summed E-state index contributed by atoms with van der Waals surface area (Å²) in [5.74, 6) is -0.943. The van der Waals surface area contributed by atoms with Gasteiger partial charge in [-0.1, -0.05) is 26.8 Å². The van der Waals surface area contributed by atoms with Crippen LogP contribution in [0.15, 0.2) is 18.2 Å². The average Bonchev–Trinajstić information content (AvgIpc) is 2.80. The monoisotopic (exact) mass is 290 g/mol. The molecule has 0 aliphatic carbocycles. The minimum absolute atomic E-state index is 0.00128. The van der Waals surface area contributed by atoms with Crippen LogP contribution in [0.25, 0.3) is 0 Å². The Morgan fingerprint density at radius 1 is 1.24 bits per heavy atom. The number of carbonyl (C=O) groups excluding carboxylic acids is 1. The third-order valence-electron chi connectivity index (χ3n) is 4.10. The summed E-state index contributed by atoms with van der Waals surface area (Å²) in [6.45, 7) is 9.21. The van der Waals surface area contributed by atoms with Crippen LogP contribution in [0.1, 0.15) is 49.2 Å². The molecule has 0 spiro atoms. The standard InChI is InChI=1S/C16H22N2O3/c1-10(16(2,3)4)17-15(21)18-8-12-6-5-11(14(19)20)7-13(12)9-18/h5-7,10H,8-9H2,1-4H3,(H,17,21)(H,19,20). The van der Waals surface area contributed by atoms with Crippen molar-refractivity contribution in [2.24, 2.45) is 5.41 Å². The summed E-state index contributed by atoms with van der Waals surface area (Å²) in [5, 5.41) is 12.0. The fourth-order valence-electron chi connectivity index (χ4n) is 2.16. The Labute approximate surface area is 125 Å². The summed E-state index contributed by atoms with van der Waals surface area (Å²) >= 11 is 0. The van der Waals surface area contributed by atoms with E-state index in [1.54, 1.807) is 23.1 Å². The number of carboxylic acid groups (broad SMARTS) is 1. The number of amides is 2. The Kier molecular flexibility index (Phi) is 3.94. The highest BCUT2D eigenvalue weighted by Gasteiger charge is 2.28. The average molecular weight is 290 g/mol. The van der Waals surface area contributed by atoms with Crippen LogP contribution in [0.5, 0.6) is 0 Å². The summed E-state index contributed by atoms with van der Waals surface area (Å²) in [6.07, 6.45) is 0. The Morgan fingerprint density at radius 2 is 1.86 bits per heavy atom. The van der Waals surface area contributed by atoms with E-state index in [1.165, 1.54) is 0 Å². The molecule has 1 heterocycles. The lowest BCUT2D eigenvalue weighted by Crippen LogP contribution is -2.46. The molecular weight excluding hydrogens is 268 g/mol. The first-order valence-electron chi connectivity index (χ1n) is 7.09. The number of fused-ring (bicyclic) bond motifs is 1. The topological polar surface area (TPSA) is 69.6 Å². The number of aromatic carboxylic acids is 1. The van der Waals surface area contributed by atoms with Crippen LogP contribution in [0.4, 0.5) is 4.79 Å². The van der Waals surface area contributed by atoms with Gasteiger partial charge in [0.1, 0.15) is 0 Å². The molecule has 0 saturated heterocycles. The van der Waals surface area contributed by atoms with E-state index >= 15 is 0 Å². The quantitative estimate of drug-likeness (QED) is 0.880. The van der Waals surface area contributed by atoms with Gasteiger partial charge in [0, 0.05) is 19.1 Å². The molecule has 114 valence electrons. The van der Waals surface area contributed by atoms with E-state index in [2.05, 4.69) is 26.1 Å². The van der Waals surface area contributed by atoms with Crippen molar-refractivity contribution in [3.8, 4) is 0 Å². The minimum atomic E-state index is -0.943. The molecule has 0 saturated carbocycles. The summed E-state index contributed by atoms with van der Waals surface area (Å²) in [5.41, 5.74) is 2.18. The van der Waals surface area contributed by atoms with Crippen molar-refractivity contribution in [3.05, 3.63) is 34.9 Å². The van der Waals surface area contributed by atoms with Gasteiger partial charge in [0.05, 0.1) is 5.56 Å². The molecule has 21 heavy (non-hydrogen) atoms. The molecule has 0 aromatic heterocycles. The van der Waals surface area contributed by atoms with E-state index in [1.807, 2.05) is 6.92 Å². The lowest BCUT2D eigenvalue weighted by Gasteiger charge is -2.30. The Morgan fingerprint density at radius 3 is 2.43 bits per heavy atom. The highest BCUT2D eigenvalue weighted by molar-refractivity contribution is 5.88. The predicted octanol–water partition coefficient (Wildman–Crippen LogP) is 2.84. The van der Waals surface area contributed by atoms with Crippen molar-refractivity contribution in [3.63, 3.8) is 0 Å². The van der Waals surface area contributed by atoms with Crippen LogP contribution in [-0.2, 0) is 13.1 Å². The second kappa shape index (κ2) is 5.39. The molecule has 2 amide bonds. The number of carboxylic acids is 1. The van der Waals surface area contributed by atoms with Crippen LogP contribution in [0, 0.1) is 5.41 Å². The zero-order valence-corrected chi connectivity index (χ0v) is 12.9. The van der Waals surface area contributed by atoms with Crippen molar-refractivity contribution in [1.82, 2.24) is 10.2 Å². The number of carbonyl (C=O) groups is 2. The van der Waals surface area contributed by atoms with E-state index in [0.717, 1.165) is 11.1 Å². The van der Waals surface area contributed by atoms with E-state index in [9.17, 15) is 9.59 Å². The first-order valence-corrected chi connectivity index (χ1v) is 7.09. The molecule has 0 radical (unpaired) electrons. The normalized spacial score (nSPS) is 15.5. The molecule has 1 aliphatic rings.